The zero-order valence-corrected chi connectivity index (χ0v) is 9.32. The van der Waals surface area contributed by atoms with Gasteiger partial charge < -0.3 is 0 Å². The number of nitrogens with zero attached hydrogens (tertiary/aromatic N) is 1. The van der Waals surface area contributed by atoms with Gasteiger partial charge in [0.2, 0.25) is 0 Å². The summed E-state index contributed by atoms with van der Waals surface area (Å²) in [6.45, 7) is 9.68. The van der Waals surface area contributed by atoms with E-state index in [2.05, 4.69) is 18.4 Å². The second-order valence-electron chi connectivity index (χ2n) is 4.01. The highest BCUT2D eigenvalue weighted by molar-refractivity contribution is 6.19. The van der Waals surface area contributed by atoms with Gasteiger partial charge in [0.25, 0.3) is 0 Å². The van der Waals surface area contributed by atoms with E-state index in [1.54, 1.807) is 0 Å². The van der Waals surface area contributed by atoms with Crippen LogP contribution in [0.25, 0.3) is 0 Å². The Morgan fingerprint density at radius 3 is 2.54 bits per heavy atom. The number of rotatable bonds is 4. The van der Waals surface area contributed by atoms with Gasteiger partial charge in [0, 0.05) is 12.4 Å². The maximum absolute atomic E-state index is 5.70. The molecule has 1 saturated heterocycles. The molecule has 1 rings (SSSR count). The Hall–Kier alpha value is -0.0100. The van der Waals surface area contributed by atoms with Crippen LogP contribution in [0.5, 0.6) is 0 Å². The Balaban J connectivity index is 2.21. The minimum atomic E-state index is 0.605. The molecule has 0 saturated carbocycles. The van der Waals surface area contributed by atoms with Crippen LogP contribution >= 0.6 is 11.6 Å². The molecule has 1 aliphatic rings. The summed E-state index contributed by atoms with van der Waals surface area (Å²) in [5.74, 6) is 1.56. The summed E-state index contributed by atoms with van der Waals surface area (Å²) in [5, 5.41) is 0. The van der Waals surface area contributed by atoms with Crippen molar-refractivity contribution in [3.8, 4) is 0 Å². The highest BCUT2D eigenvalue weighted by Gasteiger charge is 2.17. The summed E-state index contributed by atoms with van der Waals surface area (Å²) in [7, 11) is 0. The van der Waals surface area contributed by atoms with Gasteiger partial charge in [-0.2, -0.15) is 0 Å². The summed E-state index contributed by atoms with van der Waals surface area (Å²) in [5.41, 5.74) is 1.15. The summed E-state index contributed by atoms with van der Waals surface area (Å²) in [6, 6.07) is 0. The van der Waals surface area contributed by atoms with Crippen LogP contribution in [0, 0.1) is 5.92 Å². The Morgan fingerprint density at radius 2 is 2.08 bits per heavy atom. The molecule has 0 aromatic heterocycles. The fourth-order valence-corrected chi connectivity index (χ4v) is 2.00. The van der Waals surface area contributed by atoms with Crippen LogP contribution in [-0.4, -0.2) is 30.4 Å². The SMILES string of the molecule is C=C(CCl)CN1CCC(CC)CC1. The second kappa shape index (κ2) is 5.66. The quantitative estimate of drug-likeness (QED) is 0.500. The smallest absolute Gasteiger partial charge is 0.0443 e. The first-order valence-electron chi connectivity index (χ1n) is 5.21. The molecule has 0 aromatic carbocycles. The maximum Gasteiger partial charge on any atom is 0.0443 e. The minimum absolute atomic E-state index is 0.605. The van der Waals surface area contributed by atoms with Gasteiger partial charge in [-0.25, -0.2) is 0 Å². The largest absolute Gasteiger partial charge is 0.299 e. The van der Waals surface area contributed by atoms with Crippen molar-refractivity contribution in [3.63, 3.8) is 0 Å². The first kappa shape index (κ1) is 11.1. The molecule has 0 atom stereocenters. The molecule has 0 aromatic rings. The van der Waals surface area contributed by atoms with Crippen LogP contribution in [0.3, 0.4) is 0 Å². The number of hydrogen-bond donors (Lipinski definition) is 0. The number of alkyl halides is 1. The van der Waals surface area contributed by atoms with Gasteiger partial charge in [0.15, 0.2) is 0 Å². The topological polar surface area (TPSA) is 3.24 Å². The predicted octanol–water partition coefficient (Wildman–Crippen LogP) is 2.90. The van der Waals surface area contributed by atoms with Gasteiger partial charge >= 0.3 is 0 Å². The maximum atomic E-state index is 5.70. The van der Waals surface area contributed by atoms with Crippen LogP contribution < -0.4 is 0 Å². The van der Waals surface area contributed by atoms with Crippen molar-refractivity contribution >= 4 is 11.6 Å². The van der Waals surface area contributed by atoms with Crippen molar-refractivity contribution in [2.75, 3.05) is 25.5 Å². The third-order valence-electron chi connectivity index (χ3n) is 2.92. The van der Waals surface area contributed by atoms with E-state index in [1.807, 2.05) is 0 Å². The Kier molecular flexibility index (Phi) is 4.82. The third kappa shape index (κ3) is 3.70. The molecule has 1 aliphatic heterocycles. The van der Waals surface area contributed by atoms with Gasteiger partial charge in [-0.05, 0) is 37.4 Å². The summed E-state index contributed by atoms with van der Waals surface area (Å²) < 4.78 is 0. The van der Waals surface area contributed by atoms with Gasteiger partial charge in [-0.15, -0.1) is 11.6 Å². The normalized spacial score (nSPS) is 20.5. The molecule has 76 valence electrons. The van der Waals surface area contributed by atoms with Crippen molar-refractivity contribution in [1.29, 1.82) is 0 Å². The van der Waals surface area contributed by atoms with E-state index in [1.165, 1.54) is 32.4 Å². The zero-order valence-electron chi connectivity index (χ0n) is 8.56. The van der Waals surface area contributed by atoms with Crippen molar-refractivity contribution < 1.29 is 0 Å². The average Bonchev–Trinajstić information content (AvgIpc) is 2.19. The molecule has 0 amide bonds. The third-order valence-corrected chi connectivity index (χ3v) is 3.30. The number of piperidine rings is 1. The van der Waals surface area contributed by atoms with E-state index in [4.69, 9.17) is 11.6 Å². The average molecular weight is 202 g/mol. The monoisotopic (exact) mass is 201 g/mol. The Morgan fingerprint density at radius 1 is 1.46 bits per heavy atom. The van der Waals surface area contributed by atoms with Crippen LogP contribution in [0.1, 0.15) is 26.2 Å². The molecule has 0 spiro atoms. The Bertz CT molecular complexity index is 159. The van der Waals surface area contributed by atoms with E-state index < -0.39 is 0 Å². The Labute approximate surface area is 86.8 Å². The van der Waals surface area contributed by atoms with Crippen molar-refractivity contribution in [3.05, 3.63) is 12.2 Å². The second-order valence-corrected chi connectivity index (χ2v) is 4.28. The van der Waals surface area contributed by atoms with Crippen molar-refractivity contribution in [1.82, 2.24) is 4.90 Å². The van der Waals surface area contributed by atoms with Gasteiger partial charge in [0.05, 0.1) is 0 Å². The number of likely N-dealkylation sites (tertiary alicyclic amines) is 1. The number of halogens is 1. The lowest BCUT2D eigenvalue weighted by Gasteiger charge is -2.31. The molecular formula is C11H20ClN. The fraction of sp³-hybridized carbons (Fsp3) is 0.818. The molecule has 0 aliphatic carbocycles. The lowest BCUT2D eigenvalue weighted by molar-refractivity contribution is 0.195. The van der Waals surface area contributed by atoms with E-state index in [0.29, 0.717) is 5.88 Å². The molecule has 1 fully saturated rings. The van der Waals surface area contributed by atoms with Crippen LogP contribution in [0.2, 0.25) is 0 Å². The highest BCUT2D eigenvalue weighted by Crippen LogP contribution is 2.20. The zero-order chi connectivity index (χ0) is 9.68. The fourth-order valence-electron chi connectivity index (χ4n) is 1.91. The van der Waals surface area contributed by atoms with Gasteiger partial charge in [0.1, 0.15) is 0 Å². The molecule has 0 N–H and O–H groups in total. The lowest BCUT2D eigenvalue weighted by Crippen LogP contribution is -2.34. The first-order chi connectivity index (χ1) is 6.26. The van der Waals surface area contributed by atoms with E-state index in [0.717, 1.165) is 18.0 Å². The van der Waals surface area contributed by atoms with Crippen LogP contribution in [0.15, 0.2) is 12.2 Å². The van der Waals surface area contributed by atoms with Gasteiger partial charge in [-0.3, -0.25) is 4.90 Å². The summed E-state index contributed by atoms with van der Waals surface area (Å²) in [6.07, 6.45) is 4.04. The van der Waals surface area contributed by atoms with E-state index >= 15 is 0 Å². The molecule has 1 nitrogen and oxygen atoms in total. The van der Waals surface area contributed by atoms with Crippen molar-refractivity contribution in [2.24, 2.45) is 5.92 Å². The molecule has 1 heterocycles. The van der Waals surface area contributed by atoms with Crippen LogP contribution in [-0.2, 0) is 0 Å². The molecule has 0 bridgehead atoms. The summed E-state index contributed by atoms with van der Waals surface area (Å²) >= 11 is 5.70. The first-order valence-corrected chi connectivity index (χ1v) is 5.74. The molecule has 13 heavy (non-hydrogen) atoms. The van der Waals surface area contributed by atoms with Crippen LogP contribution in [0.4, 0.5) is 0 Å². The molecule has 2 heteroatoms. The highest BCUT2D eigenvalue weighted by atomic mass is 35.5. The summed E-state index contributed by atoms with van der Waals surface area (Å²) in [4.78, 5) is 2.47. The lowest BCUT2D eigenvalue weighted by atomic mass is 9.94. The predicted molar refractivity (Wildman–Crippen MR) is 59.3 cm³/mol. The molecular weight excluding hydrogens is 182 g/mol. The standard InChI is InChI=1S/C11H20ClN/c1-3-11-4-6-13(7-5-11)9-10(2)8-12/h11H,2-9H2,1H3. The van der Waals surface area contributed by atoms with Crippen molar-refractivity contribution in [2.45, 2.75) is 26.2 Å². The number of hydrogen-bond acceptors (Lipinski definition) is 1. The minimum Gasteiger partial charge on any atom is -0.299 e. The molecule has 0 radical (unpaired) electrons. The molecule has 0 unspecified atom stereocenters. The van der Waals surface area contributed by atoms with E-state index in [9.17, 15) is 0 Å². The van der Waals surface area contributed by atoms with E-state index in [-0.39, 0.29) is 0 Å². The van der Waals surface area contributed by atoms with Gasteiger partial charge in [-0.1, -0.05) is 19.9 Å².